The molecule has 1 atom stereocenters. The number of likely N-dealkylation sites (tertiary alicyclic amines) is 1. The van der Waals surface area contributed by atoms with E-state index in [0.29, 0.717) is 13.1 Å². The minimum atomic E-state index is -0.225. The van der Waals surface area contributed by atoms with Crippen molar-refractivity contribution in [1.82, 2.24) is 14.5 Å². The first-order chi connectivity index (χ1) is 11.7. The molecule has 0 spiro atoms. The smallest absolute Gasteiger partial charge is 0.242 e. The van der Waals surface area contributed by atoms with E-state index in [1.807, 2.05) is 45.9 Å². The van der Waals surface area contributed by atoms with Crippen LogP contribution >= 0.6 is 0 Å². The topological polar surface area (TPSA) is 38.1 Å². The van der Waals surface area contributed by atoms with E-state index in [9.17, 15) is 9.18 Å². The average Bonchev–Trinajstić information content (AvgIpc) is 3.23. The van der Waals surface area contributed by atoms with Crippen LogP contribution in [0.3, 0.4) is 0 Å². The lowest BCUT2D eigenvalue weighted by molar-refractivity contribution is -0.130. The predicted molar refractivity (Wildman–Crippen MR) is 90.1 cm³/mol. The standard InChI is InChI=1S/C19H18FN3O/c20-16-7-5-14(6-8-16)15-9-10-22(11-15)19(24)12-23-13-21-17-3-1-2-4-18(17)23/h1-8,13,15H,9-12H2/t15-/m1/s1. The molecule has 1 saturated heterocycles. The zero-order chi connectivity index (χ0) is 16.5. The van der Waals surface area contributed by atoms with Crippen LogP contribution in [0, 0.1) is 5.82 Å². The maximum Gasteiger partial charge on any atom is 0.242 e. The van der Waals surface area contributed by atoms with E-state index >= 15 is 0 Å². The van der Waals surface area contributed by atoms with Gasteiger partial charge in [-0.15, -0.1) is 0 Å². The molecule has 122 valence electrons. The molecule has 3 aromatic rings. The van der Waals surface area contributed by atoms with E-state index in [4.69, 9.17) is 0 Å². The number of rotatable bonds is 3. The minimum Gasteiger partial charge on any atom is -0.341 e. The Morgan fingerprint density at radius 2 is 1.96 bits per heavy atom. The van der Waals surface area contributed by atoms with Crippen LogP contribution in [0.1, 0.15) is 17.9 Å². The second-order valence-electron chi connectivity index (χ2n) is 6.24. The van der Waals surface area contributed by atoms with Crippen LogP contribution in [-0.4, -0.2) is 33.4 Å². The maximum atomic E-state index is 13.0. The summed E-state index contributed by atoms with van der Waals surface area (Å²) in [7, 11) is 0. The van der Waals surface area contributed by atoms with Crippen molar-refractivity contribution in [3.8, 4) is 0 Å². The maximum absolute atomic E-state index is 13.0. The number of hydrogen-bond donors (Lipinski definition) is 0. The molecule has 1 aliphatic rings. The normalized spacial score (nSPS) is 17.5. The van der Waals surface area contributed by atoms with Crippen molar-refractivity contribution in [2.24, 2.45) is 0 Å². The number of fused-ring (bicyclic) bond motifs is 1. The quantitative estimate of drug-likeness (QED) is 0.742. The highest BCUT2D eigenvalue weighted by molar-refractivity contribution is 5.80. The molecule has 4 nitrogen and oxygen atoms in total. The molecule has 24 heavy (non-hydrogen) atoms. The van der Waals surface area contributed by atoms with Crippen LogP contribution in [-0.2, 0) is 11.3 Å². The van der Waals surface area contributed by atoms with Crippen molar-refractivity contribution < 1.29 is 9.18 Å². The summed E-state index contributed by atoms with van der Waals surface area (Å²) in [5, 5.41) is 0. The Labute approximate surface area is 139 Å². The molecule has 2 aromatic carbocycles. The second-order valence-corrected chi connectivity index (χ2v) is 6.24. The second kappa shape index (κ2) is 6.07. The lowest BCUT2D eigenvalue weighted by Gasteiger charge is -2.17. The summed E-state index contributed by atoms with van der Waals surface area (Å²) in [5.74, 6) is 0.161. The van der Waals surface area contributed by atoms with Crippen molar-refractivity contribution in [1.29, 1.82) is 0 Å². The van der Waals surface area contributed by atoms with Crippen LogP contribution in [0.5, 0.6) is 0 Å². The highest BCUT2D eigenvalue weighted by Gasteiger charge is 2.27. The molecular weight excluding hydrogens is 305 g/mol. The Hall–Kier alpha value is -2.69. The summed E-state index contributed by atoms with van der Waals surface area (Å²) in [6.07, 6.45) is 2.64. The first kappa shape index (κ1) is 14.9. The van der Waals surface area contributed by atoms with Crippen molar-refractivity contribution in [3.05, 3.63) is 66.2 Å². The molecular formula is C19H18FN3O. The number of carbonyl (C=O) groups excluding carboxylic acids is 1. The number of benzene rings is 2. The summed E-state index contributed by atoms with van der Waals surface area (Å²) in [6, 6.07) is 14.4. The fraction of sp³-hybridized carbons (Fsp3) is 0.263. The van der Waals surface area contributed by atoms with Crippen LogP contribution in [0.25, 0.3) is 11.0 Å². The number of carbonyl (C=O) groups is 1. The van der Waals surface area contributed by atoms with E-state index in [1.165, 1.54) is 12.1 Å². The summed E-state index contributed by atoms with van der Waals surface area (Å²) in [6.45, 7) is 1.74. The van der Waals surface area contributed by atoms with Crippen molar-refractivity contribution in [2.75, 3.05) is 13.1 Å². The fourth-order valence-electron chi connectivity index (χ4n) is 3.38. The molecule has 0 bridgehead atoms. The lowest BCUT2D eigenvalue weighted by atomic mass is 9.99. The molecule has 1 fully saturated rings. The van der Waals surface area contributed by atoms with Crippen molar-refractivity contribution >= 4 is 16.9 Å². The number of nitrogens with zero attached hydrogens (tertiary/aromatic N) is 3. The van der Waals surface area contributed by atoms with Gasteiger partial charge in [0.05, 0.1) is 17.4 Å². The Morgan fingerprint density at radius 1 is 1.17 bits per heavy atom. The van der Waals surface area contributed by atoms with E-state index in [-0.39, 0.29) is 17.6 Å². The molecule has 0 unspecified atom stereocenters. The number of para-hydroxylation sites is 2. The molecule has 0 N–H and O–H groups in total. The van der Waals surface area contributed by atoms with Crippen molar-refractivity contribution in [3.63, 3.8) is 0 Å². The summed E-state index contributed by atoms with van der Waals surface area (Å²) in [5.41, 5.74) is 2.97. The molecule has 5 heteroatoms. The molecule has 1 amide bonds. The van der Waals surface area contributed by atoms with Gasteiger partial charge in [-0.05, 0) is 36.2 Å². The highest BCUT2D eigenvalue weighted by Crippen LogP contribution is 2.27. The van der Waals surface area contributed by atoms with Gasteiger partial charge in [0, 0.05) is 19.0 Å². The molecule has 2 heterocycles. The summed E-state index contributed by atoms with van der Waals surface area (Å²) >= 11 is 0. The first-order valence-electron chi connectivity index (χ1n) is 8.14. The summed E-state index contributed by atoms with van der Waals surface area (Å²) in [4.78, 5) is 18.8. The Balaban J connectivity index is 1.45. The van der Waals surface area contributed by atoms with E-state index in [0.717, 1.165) is 29.6 Å². The molecule has 1 aromatic heterocycles. The zero-order valence-electron chi connectivity index (χ0n) is 13.2. The van der Waals surface area contributed by atoms with Crippen LogP contribution in [0.4, 0.5) is 4.39 Å². The molecule has 0 radical (unpaired) electrons. The molecule has 4 rings (SSSR count). The first-order valence-corrected chi connectivity index (χ1v) is 8.14. The number of aromatic nitrogens is 2. The van der Waals surface area contributed by atoms with Gasteiger partial charge in [0.25, 0.3) is 0 Å². The van der Waals surface area contributed by atoms with E-state index in [1.54, 1.807) is 6.33 Å². The fourth-order valence-corrected chi connectivity index (χ4v) is 3.38. The minimum absolute atomic E-state index is 0.0998. The van der Waals surface area contributed by atoms with Crippen LogP contribution in [0.15, 0.2) is 54.9 Å². The molecule has 1 aliphatic heterocycles. The lowest BCUT2D eigenvalue weighted by Crippen LogP contribution is -2.31. The number of imidazole rings is 1. The Kier molecular flexibility index (Phi) is 3.76. The number of amides is 1. The van der Waals surface area contributed by atoms with Gasteiger partial charge in [-0.1, -0.05) is 24.3 Å². The Morgan fingerprint density at radius 3 is 2.79 bits per heavy atom. The van der Waals surface area contributed by atoms with Gasteiger partial charge in [0.1, 0.15) is 12.4 Å². The van der Waals surface area contributed by atoms with Gasteiger partial charge in [-0.2, -0.15) is 0 Å². The average molecular weight is 323 g/mol. The number of halogens is 1. The largest absolute Gasteiger partial charge is 0.341 e. The van der Waals surface area contributed by atoms with Gasteiger partial charge in [-0.25, -0.2) is 9.37 Å². The van der Waals surface area contributed by atoms with Gasteiger partial charge in [0.2, 0.25) is 5.91 Å². The molecule has 0 aliphatic carbocycles. The third-order valence-corrected chi connectivity index (χ3v) is 4.72. The van der Waals surface area contributed by atoms with E-state index < -0.39 is 0 Å². The third-order valence-electron chi connectivity index (χ3n) is 4.72. The van der Waals surface area contributed by atoms with Gasteiger partial charge < -0.3 is 9.47 Å². The third kappa shape index (κ3) is 2.77. The molecule has 0 saturated carbocycles. The van der Waals surface area contributed by atoms with Gasteiger partial charge >= 0.3 is 0 Å². The van der Waals surface area contributed by atoms with E-state index in [2.05, 4.69) is 4.98 Å². The van der Waals surface area contributed by atoms with Gasteiger partial charge in [-0.3, -0.25) is 4.79 Å². The van der Waals surface area contributed by atoms with Crippen molar-refractivity contribution in [2.45, 2.75) is 18.9 Å². The van der Waals surface area contributed by atoms with Crippen LogP contribution < -0.4 is 0 Å². The van der Waals surface area contributed by atoms with Crippen LogP contribution in [0.2, 0.25) is 0 Å². The van der Waals surface area contributed by atoms with Gasteiger partial charge in [0.15, 0.2) is 0 Å². The summed E-state index contributed by atoms with van der Waals surface area (Å²) < 4.78 is 14.9. The number of hydrogen-bond acceptors (Lipinski definition) is 2. The zero-order valence-corrected chi connectivity index (χ0v) is 13.2. The predicted octanol–water partition coefficient (Wildman–Crippen LogP) is 3.19. The Bertz CT molecular complexity index is 872. The monoisotopic (exact) mass is 323 g/mol. The highest BCUT2D eigenvalue weighted by atomic mass is 19.1. The SMILES string of the molecule is O=C(Cn1cnc2ccccc21)N1CC[C@@H](c2ccc(F)cc2)C1.